The molecule has 0 saturated carbocycles. The van der Waals surface area contributed by atoms with Crippen LogP contribution < -0.4 is 5.32 Å². The Morgan fingerprint density at radius 3 is 2.71 bits per heavy atom. The molecule has 1 fully saturated rings. The minimum atomic E-state index is 0.711. The summed E-state index contributed by atoms with van der Waals surface area (Å²) in [6.07, 6.45) is 2.54. The van der Waals surface area contributed by atoms with Crippen molar-refractivity contribution in [1.82, 2.24) is 10.2 Å². The van der Waals surface area contributed by atoms with Crippen LogP contribution >= 0.6 is 23.2 Å². The predicted molar refractivity (Wildman–Crippen MR) is 62.9 cm³/mol. The van der Waals surface area contributed by atoms with Crippen molar-refractivity contribution in [2.24, 2.45) is 5.92 Å². The van der Waals surface area contributed by atoms with Gasteiger partial charge in [0.1, 0.15) is 0 Å². The van der Waals surface area contributed by atoms with Crippen LogP contribution in [0.15, 0.2) is 10.6 Å². The Balaban J connectivity index is 2.21. The summed E-state index contributed by atoms with van der Waals surface area (Å²) in [6.45, 7) is 4.17. The van der Waals surface area contributed by atoms with E-state index in [0.29, 0.717) is 5.03 Å². The van der Waals surface area contributed by atoms with Gasteiger partial charge in [0.25, 0.3) is 0 Å². The highest BCUT2D eigenvalue weighted by molar-refractivity contribution is 6.36. The van der Waals surface area contributed by atoms with Crippen LogP contribution in [-0.2, 0) is 0 Å². The van der Waals surface area contributed by atoms with Crippen LogP contribution in [0.25, 0.3) is 0 Å². The van der Waals surface area contributed by atoms with Gasteiger partial charge in [-0.25, -0.2) is 0 Å². The molecule has 82 valence electrons. The minimum absolute atomic E-state index is 0.711. The molecule has 1 heterocycles. The molecule has 1 saturated heterocycles. The fourth-order valence-electron chi connectivity index (χ4n) is 1.86. The molecular formula is C10H18Cl2N2. The Kier molecular flexibility index (Phi) is 5.87. The van der Waals surface area contributed by atoms with Crippen LogP contribution in [0.2, 0.25) is 0 Å². The standard InChI is InChI=1S/C10H18Cl2N2/c1-14(8-10(12)6-11)7-9-2-4-13-5-3-9/h6,9,13H,2-5,7-8H2,1H3. The molecule has 0 atom stereocenters. The molecule has 0 aromatic heterocycles. The number of nitrogens with one attached hydrogen (secondary N) is 1. The smallest absolute Gasteiger partial charge is 0.0434 e. The first kappa shape index (κ1) is 12.3. The average molecular weight is 237 g/mol. The van der Waals surface area contributed by atoms with Crippen molar-refractivity contribution in [1.29, 1.82) is 0 Å². The molecule has 4 heteroatoms. The molecule has 0 radical (unpaired) electrons. The van der Waals surface area contributed by atoms with Gasteiger partial charge >= 0.3 is 0 Å². The van der Waals surface area contributed by atoms with Crippen molar-refractivity contribution in [2.75, 3.05) is 33.2 Å². The molecular weight excluding hydrogens is 219 g/mol. The van der Waals surface area contributed by atoms with Crippen molar-refractivity contribution in [3.05, 3.63) is 10.6 Å². The quantitative estimate of drug-likeness (QED) is 0.806. The van der Waals surface area contributed by atoms with Crippen LogP contribution in [0.3, 0.4) is 0 Å². The molecule has 2 nitrogen and oxygen atoms in total. The number of halogens is 2. The van der Waals surface area contributed by atoms with Gasteiger partial charge in [0.05, 0.1) is 0 Å². The zero-order valence-corrected chi connectivity index (χ0v) is 10.1. The lowest BCUT2D eigenvalue weighted by atomic mass is 9.98. The second-order valence-corrected chi connectivity index (χ2v) is 4.65. The topological polar surface area (TPSA) is 15.3 Å². The van der Waals surface area contributed by atoms with Crippen LogP contribution in [0.5, 0.6) is 0 Å². The molecule has 1 aliphatic heterocycles. The van der Waals surface area contributed by atoms with Crippen molar-refractivity contribution < 1.29 is 0 Å². The van der Waals surface area contributed by atoms with Crippen LogP contribution in [0.1, 0.15) is 12.8 Å². The zero-order valence-electron chi connectivity index (χ0n) is 8.60. The van der Waals surface area contributed by atoms with Crippen molar-refractivity contribution >= 4 is 23.2 Å². The first-order valence-electron chi connectivity index (χ1n) is 5.06. The molecule has 14 heavy (non-hydrogen) atoms. The van der Waals surface area contributed by atoms with Gasteiger partial charge in [-0.2, -0.15) is 0 Å². The van der Waals surface area contributed by atoms with E-state index in [4.69, 9.17) is 23.2 Å². The highest BCUT2D eigenvalue weighted by atomic mass is 35.5. The lowest BCUT2D eigenvalue weighted by Crippen LogP contribution is -2.34. The highest BCUT2D eigenvalue weighted by Crippen LogP contribution is 2.14. The Morgan fingerprint density at radius 2 is 2.14 bits per heavy atom. The van der Waals surface area contributed by atoms with E-state index in [1.807, 2.05) is 0 Å². The Hall–Kier alpha value is 0.240. The summed E-state index contributed by atoms with van der Waals surface area (Å²) in [7, 11) is 2.09. The molecule has 0 aliphatic carbocycles. The first-order valence-corrected chi connectivity index (χ1v) is 5.88. The van der Waals surface area contributed by atoms with Crippen molar-refractivity contribution in [3.8, 4) is 0 Å². The molecule has 0 unspecified atom stereocenters. The molecule has 0 spiro atoms. The Labute approximate surface area is 96.2 Å². The van der Waals surface area contributed by atoms with E-state index in [1.165, 1.54) is 18.4 Å². The van der Waals surface area contributed by atoms with E-state index in [1.54, 1.807) is 0 Å². The highest BCUT2D eigenvalue weighted by Gasteiger charge is 2.14. The molecule has 1 rings (SSSR count). The van der Waals surface area contributed by atoms with Crippen LogP contribution in [0.4, 0.5) is 0 Å². The van der Waals surface area contributed by atoms with E-state index in [0.717, 1.165) is 32.1 Å². The molecule has 0 bridgehead atoms. The minimum Gasteiger partial charge on any atom is -0.317 e. The summed E-state index contributed by atoms with van der Waals surface area (Å²) < 4.78 is 0. The van der Waals surface area contributed by atoms with E-state index in [9.17, 15) is 0 Å². The molecule has 1 N–H and O–H groups in total. The second kappa shape index (κ2) is 6.67. The van der Waals surface area contributed by atoms with Crippen LogP contribution in [0, 0.1) is 5.92 Å². The number of nitrogens with zero attached hydrogens (tertiary/aromatic N) is 1. The maximum atomic E-state index is 5.85. The van der Waals surface area contributed by atoms with Crippen molar-refractivity contribution in [3.63, 3.8) is 0 Å². The second-order valence-electron chi connectivity index (χ2n) is 3.95. The van der Waals surface area contributed by atoms with Gasteiger partial charge in [-0.15, -0.1) is 0 Å². The predicted octanol–water partition coefficient (Wildman–Crippen LogP) is 2.24. The lowest BCUT2D eigenvalue weighted by molar-refractivity contribution is 0.255. The number of likely N-dealkylation sites (N-methyl/N-ethyl adjacent to an activating group) is 1. The van der Waals surface area contributed by atoms with Gasteiger partial charge in [-0.05, 0) is 38.9 Å². The third-order valence-corrected chi connectivity index (χ3v) is 3.17. The third-order valence-electron chi connectivity index (χ3n) is 2.57. The SMILES string of the molecule is CN(CC(Cl)=CCl)CC1CCNCC1. The first-order chi connectivity index (χ1) is 6.72. The fraction of sp³-hybridized carbons (Fsp3) is 0.800. The van der Waals surface area contributed by atoms with E-state index < -0.39 is 0 Å². The van der Waals surface area contributed by atoms with E-state index in [-0.39, 0.29) is 0 Å². The summed E-state index contributed by atoms with van der Waals surface area (Å²) in [5, 5.41) is 4.07. The van der Waals surface area contributed by atoms with Gasteiger partial charge in [-0.1, -0.05) is 23.2 Å². The average Bonchev–Trinajstić information content (AvgIpc) is 2.19. The summed E-state index contributed by atoms with van der Waals surface area (Å²) in [4.78, 5) is 2.23. The third kappa shape index (κ3) is 4.65. The molecule has 0 aromatic carbocycles. The van der Waals surface area contributed by atoms with E-state index >= 15 is 0 Å². The van der Waals surface area contributed by atoms with Gasteiger partial charge in [0, 0.05) is 23.7 Å². The number of rotatable bonds is 4. The summed E-state index contributed by atoms with van der Waals surface area (Å²) in [5.41, 5.74) is 1.44. The molecule has 1 aliphatic rings. The van der Waals surface area contributed by atoms with Gasteiger partial charge in [-0.3, -0.25) is 0 Å². The normalized spacial score (nSPS) is 20.4. The number of hydrogen-bond donors (Lipinski definition) is 1. The maximum Gasteiger partial charge on any atom is 0.0434 e. The van der Waals surface area contributed by atoms with Gasteiger partial charge < -0.3 is 10.2 Å². The Bertz CT molecular complexity index is 189. The van der Waals surface area contributed by atoms with Gasteiger partial charge in [0.2, 0.25) is 0 Å². The maximum absolute atomic E-state index is 5.85. The lowest BCUT2D eigenvalue weighted by Gasteiger charge is -2.27. The zero-order chi connectivity index (χ0) is 10.4. The molecule has 0 aromatic rings. The van der Waals surface area contributed by atoms with Crippen molar-refractivity contribution in [2.45, 2.75) is 12.8 Å². The summed E-state index contributed by atoms with van der Waals surface area (Å²) in [5.74, 6) is 0.807. The number of piperidine rings is 1. The fourth-order valence-corrected chi connectivity index (χ4v) is 2.14. The van der Waals surface area contributed by atoms with E-state index in [2.05, 4.69) is 17.3 Å². The number of hydrogen-bond acceptors (Lipinski definition) is 2. The van der Waals surface area contributed by atoms with Crippen LogP contribution in [-0.4, -0.2) is 38.1 Å². The summed E-state index contributed by atoms with van der Waals surface area (Å²) >= 11 is 11.4. The molecule has 0 amide bonds. The van der Waals surface area contributed by atoms with Gasteiger partial charge in [0.15, 0.2) is 0 Å². The summed E-state index contributed by atoms with van der Waals surface area (Å²) in [6, 6.07) is 0. The largest absolute Gasteiger partial charge is 0.317 e. The monoisotopic (exact) mass is 236 g/mol. The Morgan fingerprint density at radius 1 is 1.50 bits per heavy atom.